The van der Waals surface area contributed by atoms with E-state index in [1.165, 1.54) is 18.6 Å². The first kappa shape index (κ1) is 20.7. The summed E-state index contributed by atoms with van der Waals surface area (Å²) in [5.74, 6) is 0.140. The number of hydrogen-bond donors (Lipinski definition) is 2. The Kier molecular flexibility index (Phi) is 5.56. The van der Waals surface area contributed by atoms with Crippen molar-refractivity contribution in [1.82, 2.24) is 29.8 Å². The molecular weight excluding hydrogens is 409 g/mol. The van der Waals surface area contributed by atoms with Gasteiger partial charge < -0.3 is 15.2 Å². The smallest absolute Gasteiger partial charge is 0.351 e. The van der Waals surface area contributed by atoms with Crippen molar-refractivity contribution in [3.63, 3.8) is 0 Å². The first-order chi connectivity index (χ1) is 14.8. The van der Waals surface area contributed by atoms with Crippen LogP contribution in [0, 0.1) is 18.3 Å². The van der Waals surface area contributed by atoms with Crippen molar-refractivity contribution in [1.29, 1.82) is 5.26 Å². The van der Waals surface area contributed by atoms with Gasteiger partial charge in [-0.05, 0) is 45.0 Å². The standard InChI is InChI=1S/C20H19F3N8/c1-12-17(3-2-14(8-24)28-12)31-10-16(27-11-31)18-15(20(21,22)23)9-26-19(30-18)29-13-4-6-25-7-5-13/h2-3,9-11,13,25H,4-7H2,1H3,(H,26,29,30). The summed E-state index contributed by atoms with van der Waals surface area (Å²) >= 11 is 0. The molecule has 0 radical (unpaired) electrons. The second kappa shape index (κ2) is 8.31. The van der Waals surface area contributed by atoms with Crippen molar-refractivity contribution in [3.05, 3.63) is 47.8 Å². The second-order valence-corrected chi connectivity index (χ2v) is 7.20. The monoisotopic (exact) mass is 428 g/mol. The van der Waals surface area contributed by atoms with Crippen molar-refractivity contribution in [2.24, 2.45) is 0 Å². The molecule has 0 spiro atoms. The molecule has 11 heteroatoms. The highest BCUT2D eigenvalue weighted by atomic mass is 19.4. The number of imidazole rings is 1. The molecular formula is C20H19F3N8. The van der Waals surface area contributed by atoms with Gasteiger partial charge in [-0.3, -0.25) is 0 Å². The predicted molar refractivity (Wildman–Crippen MR) is 106 cm³/mol. The molecule has 4 rings (SSSR count). The van der Waals surface area contributed by atoms with E-state index >= 15 is 0 Å². The molecule has 3 aromatic rings. The normalized spacial score (nSPS) is 14.9. The van der Waals surface area contributed by atoms with Gasteiger partial charge in [-0.2, -0.15) is 18.4 Å². The van der Waals surface area contributed by atoms with E-state index in [-0.39, 0.29) is 29.1 Å². The zero-order valence-electron chi connectivity index (χ0n) is 16.6. The summed E-state index contributed by atoms with van der Waals surface area (Å²) in [6.07, 6.45) is 0.686. The summed E-state index contributed by atoms with van der Waals surface area (Å²) in [4.78, 5) is 16.4. The minimum atomic E-state index is -4.63. The summed E-state index contributed by atoms with van der Waals surface area (Å²) < 4.78 is 42.4. The minimum absolute atomic E-state index is 0.0619. The molecule has 1 fully saturated rings. The fourth-order valence-corrected chi connectivity index (χ4v) is 3.47. The van der Waals surface area contributed by atoms with Crippen molar-refractivity contribution in [3.8, 4) is 23.1 Å². The van der Waals surface area contributed by atoms with Crippen LogP contribution in [0.2, 0.25) is 0 Å². The zero-order chi connectivity index (χ0) is 22.0. The van der Waals surface area contributed by atoms with Gasteiger partial charge in [0.05, 0.1) is 11.4 Å². The van der Waals surface area contributed by atoms with Crippen LogP contribution in [0.4, 0.5) is 19.1 Å². The van der Waals surface area contributed by atoms with E-state index in [2.05, 4.69) is 30.6 Å². The molecule has 0 aromatic carbocycles. The number of pyridine rings is 1. The first-order valence-corrected chi connectivity index (χ1v) is 9.69. The lowest BCUT2D eigenvalue weighted by Gasteiger charge is -2.24. The number of aromatic nitrogens is 5. The highest BCUT2D eigenvalue weighted by Gasteiger charge is 2.36. The number of nitrogens with one attached hydrogen (secondary N) is 2. The van der Waals surface area contributed by atoms with Crippen molar-refractivity contribution < 1.29 is 13.2 Å². The highest BCUT2D eigenvalue weighted by molar-refractivity contribution is 5.61. The quantitative estimate of drug-likeness (QED) is 0.658. The van der Waals surface area contributed by atoms with E-state index in [0.717, 1.165) is 32.1 Å². The molecule has 1 aliphatic rings. The first-order valence-electron chi connectivity index (χ1n) is 9.69. The lowest BCUT2D eigenvalue weighted by Crippen LogP contribution is -2.35. The predicted octanol–water partition coefficient (Wildman–Crippen LogP) is 3.09. The van der Waals surface area contributed by atoms with E-state index < -0.39 is 11.7 Å². The Balaban J connectivity index is 1.70. The summed E-state index contributed by atoms with van der Waals surface area (Å²) in [5.41, 5.74) is 0.223. The van der Waals surface area contributed by atoms with Crippen molar-refractivity contribution >= 4 is 5.95 Å². The topological polar surface area (TPSA) is 104 Å². The Labute approximate surface area is 176 Å². The van der Waals surface area contributed by atoms with Gasteiger partial charge in [-0.1, -0.05) is 0 Å². The number of alkyl halides is 3. The summed E-state index contributed by atoms with van der Waals surface area (Å²) in [7, 11) is 0. The number of nitriles is 1. The van der Waals surface area contributed by atoms with Gasteiger partial charge in [0.2, 0.25) is 5.95 Å². The van der Waals surface area contributed by atoms with E-state index in [1.54, 1.807) is 17.6 Å². The number of halogens is 3. The van der Waals surface area contributed by atoms with Gasteiger partial charge >= 0.3 is 6.18 Å². The highest BCUT2D eigenvalue weighted by Crippen LogP contribution is 2.36. The van der Waals surface area contributed by atoms with Gasteiger partial charge in [-0.15, -0.1) is 0 Å². The molecule has 0 bridgehead atoms. The molecule has 1 aliphatic heterocycles. The third-order valence-electron chi connectivity index (χ3n) is 5.04. The van der Waals surface area contributed by atoms with Crippen LogP contribution in [-0.4, -0.2) is 43.6 Å². The third-order valence-corrected chi connectivity index (χ3v) is 5.04. The number of aryl methyl sites for hydroxylation is 1. The van der Waals surface area contributed by atoms with Crippen LogP contribution in [-0.2, 0) is 6.18 Å². The van der Waals surface area contributed by atoms with E-state index in [9.17, 15) is 13.2 Å². The molecule has 8 nitrogen and oxygen atoms in total. The van der Waals surface area contributed by atoms with Gasteiger partial charge in [0.25, 0.3) is 0 Å². The van der Waals surface area contributed by atoms with Crippen LogP contribution in [0.1, 0.15) is 29.8 Å². The molecule has 4 heterocycles. The molecule has 3 aromatic heterocycles. The summed E-state index contributed by atoms with van der Waals surface area (Å²) in [6.45, 7) is 3.36. The number of hydrogen-bond acceptors (Lipinski definition) is 7. The lowest BCUT2D eigenvalue weighted by atomic mass is 10.1. The Morgan fingerprint density at radius 2 is 1.97 bits per heavy atom. The molecule has 0 atom stereocenters. The number of anilines is 1. The Morgan fingerprint density at radius 3 is 2.65 bits per heavy atom. The van der Waals surface area contributed by atoms with Crippen LogP contribution in [0.25, 0.3) is 17.1 Å². The molecule has 0 amide bonds. The maximum atomic E-state index is 13.6. The number of rotatable bonds is 4. The average molecular weight is 428 g/mol. The molecule has 31 heavy (non-hydrogen) atoms. The molecule has 0 aliphatic carbocycles. The molecule has 1 saturated heterocycles. The van der Waals surface area contributed by atoms with Crippen LogP contribution < -0.4 is 10.6 Å². The van der Waals surface area contributed by atoms with Gasteiger partial charge in [-0.25, -0.2) is 19.9 Å². The Bertz CT molecular complexity index is 1130. The van der Waals surface area contributed by atoms with E-state index in [4.69, 9.17) is 5.26 Å². The van der Waals surface area contributed by atoms with Crippen LogP contribution >= 0.6 is 0 Å². The molecule has 0 unspecified atom stereocenters. The molecule has 160 valence electrons. The Hall–Kier alpha value is -3.52. The van der Waals surface area contributed by atoms with Crippen LogP contribution in [0.3, 0.4) is 0 Å². The number of nitrogens with zero attached hydrogens (tertiary/aromatic N) is 6. The van der Waals surface area contributed by atoms with Crippen molar-refractivity contribution in [2.45, 2.75) is 32.0 Å². The lowest BCUT2D eigenvalue weighted by molar-refractivity contribution is -0.137. The van der Waals surface area contributed by atoms with Gasteiger partial charge in [0, 0.05) is 18.4 Å². The number of piperidine rings is 1. The average Bonchev–Trinajstić information content (AvgIpc) is 3.23. The van der Waals surface area contributed by atoms with Crippen LogP contribution in [0.15, 0.2) is 30.9 Å². The maximum absolute atomic E-state index is 13.6. The fourth-order valence-electron chi connectivity index (χ4n) is 3.47. The summed E-state index contributed by atoms with van der Waals surface area (Å²) in [6, 6.07) is 5.25. The minimum Gasteiger partial charge on any atom is -0.351 e. The maximum Gasteiger partial charge on any atom is 0.420 e. The third kappa shape index (κ3) is 4.49. The van der Waals surface area contributed by atoms with Crippen molar-refractivity contribution in [2.75, 3.05) is 18.4 Å². The van der Waals surface area contributed by atoms with Crippen LogP contribution in [0.5, 0.6) is 0 Å². The van der Waals surface area contributed by atoms with Gasteiger partial charge in [0.15, 0.2) is 0 Å². The SMILES string of the molecule is Cc1nc(C#N)ccc1-n1cnc(-c2nc(NC3CCNCC3)ncc2C(F)(F)F)c1. The largest absolute Gasteiger partial charge is 0.420 e. The Morgan fingerprint density at radius 1 is 1.19 bits per heavy atom. The van der Waals surface area contributed by atoms with E-state index in [1.807, 2.05) is 6.07 Å². The molecule has 2 N–H and O–H groups in total. The zero-order valence-corrected chi connectivity index (χ0v) is 16.6. The second-order valence-electron chi connectivity index (χ2n) is 7.20. The summed E-state index contributed by atoms with van der Waals surface area (Å²) in [5, 5.41) is 15.3. The fraction of sp³-hybridized carbons (Fsp3) is 0.350. The van der Waals surface area contributed by atoms with Gasteiger partial charge in [0.1, 0.15) is 35.0 Å². The van der Waals surface area contributed by atoms with E-state index in [0.29, 0.717) is 11.4 Å². The molecule has 0 saturated carbocycles.